The summed E-state index contributed by atoms with van der Waals surface area (Å²) < 4.78 is 3.56. The average molecular weight is 440 g/mol. The van der Waals surface area contributed by atoms with E-state index in [-0.39, 0.29) is 5.91 Å². The van der Waals surface area contributed by atoms with E-state index in [9.17, 15) is 4.79 Å². The van der Waals surface area contributed by atoms with Crippen molar-refractivity contribution in [1.82, 2.24) is 24.6 Å². The molecular formula is C22H25N5OS2. The molecule has 8 heteroatoms. The molecule has 0 bridgehead atoms. The lowest BCUT2D eigenvalue weighted by atomic mass is 9.99. The van der Waals surface area contributed by atoms with Gasteiger partial charge in [-0.15, -0.1) is 21.5 Å². The zero-order chi connectivity index (χ0) is 20.1. The number of carbonyl (C=O) groups is 1. The van der Waals surface area contributed by atoms with Gasteiger partial charge in [-0.3, -0.25) is 4.79 Å². The van der Waals surface area contributed by atoms with Crippen LogP contribution in [-0.4, -0.2) is 49.4 Å². The lowest BCUT2D eigenvalue weighted by Crippen LogP contribution is -2.40. The van der Waals surface area contributed by atoms with Gasteiger partial charge in [0.05, 0.1) is 21.0 Å². The Labute approximate surface area is 184 Å². The number of aromatic nitrogens is 4. The lowest BCUT2D eigenvalue weighted by Gasteiger charge is -2.31. The van der Waals surface area contributed by atoms with E-state index in [0.717, 1.165) is 42.4 Å². The highest BCUT2D eigenvalue weighted by molar-refractivity contribution is 7.99. The summed E-state index contributed by atoms with van der Waals surface area (Å²) in [5.41, 5.74) is 1.07. The van der Waals surface area contributed by atoms with E-state index in [4.69, 9.17) is 4.98 Å². The van der Waals surface area contributed by atoms with Crippen LogP contribution >= 0.6 is 23.1 Å². The summed E-state index contributed by atoms with van der Waals surface area (Å²) in [6.45, 7) is 1.63. The molecule has 3 aromatic rings. The van der Waals surface area contributed by atoms with Crippen LogP contribution in [0, 0.1) is 0 Å². The molecule has 1 atom stereocenters. The number of thiazole rings is 1. The first-order valence-corrected chi connectivity index (χ1v) is 12.8. The van der Waals surface area contributed by atoms with Crippen molar-refractivity contribution in [3.8, 4) is 0 Å². The molecule has 2 saturated carbocycles. The van der Waals surface area contributed by atoms with Gasteiger partial charge in [0, 0.05) is 31.0 Å². The molecule has 156 valence electrons. The number of thioether (sulfide) groups is 1. The molecule has 1 aromatic carbocycles. The maximum Gasteiger partial charge on any atom is 0.233 e. The summed E-state index contributed by atoms with van der Waals surface area (Å²) in [5, 5.41) is 11.0. The number of benzene rings is 1. The molecule has 6 nitrogen and oxygen atoms in total. The zero-order valence-corrected chi connectivity index (χ0v) is 18.5. The minimum absolute atomic E-state index is 0.212. The molecule has 1 amide bonds. The van der Waals surface area contributed by atoms with Gasteiger partial charge in [0.25, 0.3) is 0 Å². The third-order valence-corrected chi connectivity index (χ3v) is 8.43. The first-order valence-electron chi connectivity index (χ1n) is 11.0. The van der Waals surface area contributed by atoms with Gasteiger partial charge in [0.15, 0.2) is 5.16 Å². The highest BCUT2D eigenvalue weighted by Gasteiger charge is 2.36. The summed E-state index contributed by atoms with van der Waals surface area (Å²) in [6.07, 6.45) is 7.05. The van der Waals surface area contributed by atoms with E-state index in [1.165, 1.54) is 35.4 Å². The van der Waals surface area contributed by atoms with E-state index in [2.05, 4.69) is 33.0 Å². The monoisotopic (exact) mass is 439 g/mol. The van der Waals surface area contributed by atoms with Crippen molar-refractivity contribution in [3.63, 3.8) is 0 Å². The number of hydrogen-bond acceptors (Lipinski definition) is 6. The molecule has 30 heavy (non-hydrogen) atoms. The van der Waals surface area contributed by atoms with Crippen molar-refractivity contribution in [2.75, 3.05) is 18.8 Å². The Balaban J connectivity index is 1.12. The number of amides is 1. The summed E-state index contributed by atoms with van der Waals surface area (Å²) in [4.78, 5) is 19.9. The van der Waals surface area contributed by atoms with Crippen molar-refractivity contribution >= 4 is 39.2 Å². The molecule has 3 fully saturated rings. The fourth-order valence-electron chi connectivity index (χ4n) is 4.37. The standard InChI is InChI=1S/C22H25N5OS2/c28-19(13-29-22-25-24-20(14-7-8-14)27(22)16-9-10-16)26-11-3-4-15(12-26)21-23-17-5-1-2-6-18(17)30-21/h1-2,5-6,14-16H,3-4,7-13H2/t15-/m0/s1. The van der Waals surface area contributed by atoms with Crippen LogP contribution in [0.25, 0.3) is 10.2 Å². The molecule has 2 aromatic heterocycles. The maximum absolute atomic E-state index is 13.0. The Bertz CT molecular complexity index is 1050. The first-order chi connectivity index (χ1) is 14.8. The van der Waals surface area contributed by atoms with Crippen molar-refractivity contribution in [2.45, 2.75) is 61.6 Å². The Morgan fingerprint density at radius 1 is 1.10 bits per heavy atom. The van der Waals surface area contributed by atoms with E-state index >= 15 is 0 Å². The predicted octanol–water partition coefficient (Wildman–Crippen LogP) is 4.60. The second kappa shape index (κ2) is 7.64. The number of para-hydroxylation sites is 1. The van der Waals surface area contributed by atoms with Crippen LogP contribution in [0.2, 0.25) is 0 Å². The van der Waals surface area contributed by atoms with Gasteiger partial charge in [0.2, 0.25) is 5.91 Å². The van der Waals surface area contributed by atoms with Crippen molar-refractivity contribution in [3.05, 3.63) is 35.1 Å². The van der Waals surface area contributed by atoms with Gasteiger partial charge in [0.1, 0.15) is 5.82 Å². The van der Waals surface area contributed by atoms with Gasteiger partial charge in [-0.1, -0.05) is 23.9 Å². The molecule has 6 rings (SSSR count). The molecule has 3 heterocycles. The third kappa shape index (κ3) is 3.64. The summed E-state index contributed by atoms with van der Waals surface area (Å²) in [7, 11) is 0. The van der Waals surface area contributed by atoms with E-state index in [0.29, 0.717) is 23.6 Å². The molecule has 0 unspecified atom stereocenters. The van der Waals surface area contributed by atoms with Crippen LogP contribution in [0.5, 0.6) is 0 Å². The molecule has 0 N–H and O–H groups in total. The topological polar surface area (TPSA) is 63.9 Å². The van der Waals surface area contributed by atoms with E-state index in [1.54, 1.807) is 23.1 Å². The zero-order valence-electron chi connectivity index (χ0n) is 16.9. The fraction of sp³-hybridized carbons (Fsp3) is 0.545. The van der Waals surface area contributed by atoms with Gasteiger partial charge in [-0.2, -0.15) is 0 Å². The Morgan fingerprint density at radius 2 is 1.97 bits per heavy atom. The van der Waals surface area contributed by atoms with Gasteiger partial charge in [-0.25, -0.2) is 4.98 Å². The van der Waals surface area contributed by atoms with Crippen LogP contribution < -0.4 is 0 Å². The Hall–Kier alpha value is -1.93. The number of piperidine rings is 1. The van der Waals surface area contributed by atoms with Crippen molar-refractivity contribution < 1.29 is 4.79 Å². The Morgan fingerprint density at radius 3 is 2.77 bits per heavy atom. The van der Waals surface area contributed by atoms with Gasteiger partial charge >= 0.3 is 0 Å². The molecule has 0 spiro atoms. The normalized spacial score (nSPS) is 22.0. The molecule has 1 saturated heterocycles. The molecule has 2 aliphatic carbocycles. The number of nitrogens with zero attached hydrogens (tertiary/aromatic N) is 5. The lowest BCUT2D eigenvalue weighted by molar-refractivity contribution is -0.129. The van der Waals surface area contributed by atoms with Crippen molar-refractivity contribution in [1.29, 1.82) is 0 Å². The van der Waals surface area contributed by atoms with Crippen LogP contribution in [0.15, 0.2) is 29.4 Å². The largest absolute Gasteiger partial charge is 0.341 e. The molecule has 0 radical (unpaired) electrons. The second-order valence-electron chi connectivity index (χ2n) is 8.70. The minimum Gasteiger partial charge on any atom is -0.341 e. The van der Waals surface area contributed by atoms with Crippen LogP contribution in [0.4, 0.5) is 0 Å². The Kier molecular flexibility index (Phi) is 4.79. The van der Waals surface area contributed by atoms with Crippen LogP contribution in [-0.2, 0) is 4.79 Å². The predicted molar refractivity (Wildman–Crippen MR) is 119 cm³/mol. The molecule has 1 aliphatic heterocycles. The first kappa shape index (κ1) is 18.8. The third-order valence-electron chi connectivity index (χ3n) is 6.30. The minimum atomic E-state index is 0.212. The van der Waals surface area contributed by atoms with Crippen LogP contribution in [0.1, 0.15) is 67.2 Å². The highest BCUT2D eigenvalue weighted by atomic mass is 32.2. The van der Waals surface area contributed by atoms with E-state index < -0.39 is 0 Å². The smallest absolute Gasteiger partial charge is 0.233 e. The SMILES string of the molecule is O=C(CSc1nnc(C2CC2)n1C1CC1)N1CCC[C@H](c2nc3ccccc3s2)C1. The summed E-state index contributed by atoms with van der Waals surface area (Å²) in [5.74, 6) is 2.76. The average Bonchev–Trinajstić information content (AvgIpc) is 3.71. The second-order valence-corrected chi connectivity index (χ2v) is 10.7. The molecular weight excluding hydrogens is 414 g/mol. The number of rotatable bonds is 6. The maximum atomic E-state index is 13.0. The summed E-state index contributed by atoms with van der Waals surface area (Å²) >= 11 is 3.34. The van der Waals surface area contributed by atoms with Crippen molar-refractivity contribution in [2.24, 2.45) is 0 Å². The molecule has 3 aliphatic rings. The quantitative estimate of drug-likeness (QED) is 0.525. The highest BCUT2D eigenvalue weighted by Crippen LogP contribution is 2.46. The number of hydrogen-bond donors (Lipinski definition) is 0. The summed E-state index contributed by atoms with van der Waals surface area (Å²) in [6, 6.07) is 8.86. The van der Waals surface area contributed by atoms with Crippen LogP contribution in [0.3, 0.4) is 0 Å². The van der Waals surface area contributed by atoms with Gasteiger partial charge in [-0.05, 0) is 50.7 Å². The number of likely N-dealkylation sites (tertiary alicyclic amines) is 1. The number of carbonyl (C=O) groups excluding carboxylic acids is 1. The van der Waals surface area contributed by atoms with Gasteiger partial charge < -0.3 is 9.47 Å². The number of fused-ring (bicyclic) bond motifs is 1. The van der Waals surface area contributed by atoms with E-state index in [1.807, 2.05) is 11.0 Å². The fourth-order valence-corrected chi connectivity index (χ4v) is 6.38.